The molecular formula is C9H10S2. The van der Waals surface area contributed by atoms with Crippen molar-refractivity contribution in [1.82, 2.24) is 0 Å². The van der Waals surface area contributed by atoms with E-state index in [0.717, 1.165) is 5.25 Å². The Kier molecular flexibility index (Phi) is 1.06. The lowest BCUT2D eigenvalue weighted by Gasteiger charge is -2.17. The van der Waals surface area contributed by atoms with E-state index in [1.54, 1.807) is 0 Å². The van der Waals surface area contributed by atoms with Crippen LogP contribution in [-0.2, 0) is 0 Å². The highest BCUT2D eigenvalue weighted by molar-refractivity contribution is 8.14. The molecule has 2 heterocycles. The van der Waals surface area contributed by atoms with Gasteiger partial charge in [0.25, 0.3) is 0 Å². The first kappa shape index (κ1) is 6.67. The van der Waals surface area contributed by atoms with Crippen LogP contribution in [0.15, 0.2) is 24.3 Å². The lowest BCUT2D eigenvalue weighted by molar-refractivity contribution is 0.685. The summed E-state index contributed by atoms with van der Waals surface area (Å²) in [5.74, 6) is 1.36. The predicted octanol–water partition coefficient (Wildman–Crippen LogP) is 2.47. The van der Waals surface area contributed by atoms with E-state index < -0.39 is 0 Å². The summed E-state index contributed by atoms with van der Waals surface area (Å²) in [7, 11) is 0. The molecule has 0 nitrogen and oxygen atoms in total. The minimum absolute atomic E-state index is 0.506. The Balaban J connectivity index is 1.99. The molecule has 0 aromatic carbocycles. The van der Waals surface area contributed by atoms with Crippen LogP contribution in [0.4, 0.5) is 0 Å². The van der Waals surface area contributed by atoms with Crippen molar-refractivity contribution in [2.24, 2.45) is 0 Å². The second kappa shape index (κ2) is 1.74. The summed E-state index contributed by atoms with van der Waals surface area (Å²) in [6, 6.07) is 0. The third-order valence-electron chi connectivity index (χ3n) is 2.83. The molecule has 2 saturated heterocycles. The molecule has 3 aliphatic rings. The van der Waals surface area contributed by atoms with Crippen molar-refractivity contribution in [2.45, 2.75) is 21.7 Å². The molecule has 0 aromatic heterocycles. The molecule has 2 fully saturated rings. The lowest BCUT2D eigenvalue weighted by Crippen LogP contribution is -2.29. The highest BCUT2D eigenvalue weighted by Crippen LogP contribution is 2.72. The van der Waals surface area contributed by atoms with Gasteiger partial charge in [-0.25, -0.2) is 0 Å². The Labute approximate surface area is 75.5 Å². The molecule has 3 unspecified atom stereocenters. The molecule has 0 bridgehead atoms. The van der Waals surface area contributed by atoms with Gasteiger partial charge in [0, 0.05) is 15.7 Å². The molecule has 0 amide bonds. The zero-order valence-corrected chi connectivity index (χ0v) is 8.04. The highest BCUT2D eigenvalue weighted by atomic mass is 32.2. The largest absolute Gasteiger partial charge is 0.151 e. The first-order valence-electron chi connectivity index (χ1n) is 3.95. The average molecular weight is 182 g/mol. The summed E-state index contributed by atoms with van der Waals surface area (Å²) < 4.78 is 1.08. The van der Waals surface area contributed by atoms with Crippen molar-refractivity contribution in [3.8, 4) is 0 Å². The zero-order valence-electron chi connectivity index (χ0n) is 6.41. The molecule has 11 heavy (non-hydrogen) atoms. The number of thioether (sulfide) groups is 2. The predicted molar refractivity (Wildman–Crippen MR) is 53.3 cm³/mol. The summed E-state index contributed by atoms with van der Waals surface area (Å²) in [4.78, 5) is 0. The zero-order chi connectivity index (χ0) is 7.53. The van der Waals surface area contributed by atoms with E-state index in [2.05, 4.69) is 54.8 Å². The molecule has 3 atom stereocenters. The van der Waals surface area contributed by atoms with Crippen LogP contribution in [0.2, 0.25) is 0 Å². The molecule has 2 heteroatoms. The van der Waals surface area contributed by atoms with Gasteiger partial charge in [0.1, 0.15) is 0 Å². The normalized spacial score (nSPS) is 57.4. The summed E-state index contributed by atoms with van der Waals surface area (Å²) in [6.07, 6.45) is 9.14. The maximum Gasteiger partial charge on any atom is 0.0654 e. The summed E-state index contributed by atoms with van der Waals surface area (Å²) in [5, 5.41) is 0.799. The maximum atomic E-state index is 2.41. The molecule has 58 valence electrons. The number of fused-ring (bicyclic) bond motifs is 1. The molecule has 1 aliphatic carbocycles. The van der Waals surface area contributed by atoms with E-state index in [1.165, 1.54) is 5.75 Å². The second-order valence-corrected chi connectivity index (χ2v) is 6.49. The van der Waals surface area contributed by atoms with Crippen LogP contribution < -0.4 is 0 Å². The van der Waals surface area contributed by atoms with Crippen LogP contribution in [0.1, 0.15) is 6.92 Å². The quantitative estimate of drug-likeness (QED) is 0.571. The van der Waals surface area contributed by atoms with Crippen LogP contribution in [0.3, 0.4) is 0 Å². The lowest BCUT2D eigenvalue weighted by atomic mass is 9.89. The molecule has 3 rings (SSSR count). The van der Waals surface area contributed by atoms with Gasteiger partial charge in [-0.05, 0) is 6.92 Å². The molecule has 0 radical (unpaired) electrons. The smallest absolute Gasteiger partial charge is 0.0654 e. The SMILES string of the molecule is CC1(C23C=CC=CC2S3)CS1. The Bertz CT molecular complexity index is 263. The third kappa shape index (κ3) is 0.701. The second-order valence-electron chi connectivity index (χ2n) is 3.60. The van der Waals surface area contributed by atoms with Crippen molar-refractivity contribution < 1.29 is 0 Å². The van der Waals surface area contributed by atoms with E-state index in [9.17, 15) is 0 Å². The minimum Gasteiger partial charge on any atom is -0.151 e. The third-order valence-corrected chi connectivity index (χ3v) is 6.21. The summed E-state index contributed by atoms with van der Waals surface area (Å²) in [6.45, 7) is 2.40. The van der Waals surface area contributed by atoms with Gasteiger partial charge in [-0.1, -0.05) is 24.3 Å². The number of rotatable bonds is 1. The fraction of sp³-hybridized carbons (Fsp3) is 0.556. The van der Waals surface area contributed by atoms with Gasteiger partial charge in [0.05, 0.1) is 4.75 Å². The van der Waals surface area contributed by atoms with Crippen molar-refractivity contribution >= 4 is 23.5 Å². The van der Waals surface area contributed by atoms with Crippen LogP contribution in [0.5, 0.6) is 0 Å². The molecule has 0 N–H and O–H groups in total. The van der Waals surface area contributed by atoms with E-state index in [-0.39, 0.29) is 0 Å². The first-order chi connectivity index (χ1) is 5.27. The van der Waals surface area contributed by atoms with Crippen LogP contribution in [-0.4, -0.2) is 20.5 Å². The van der Waals surface area contributed by atoms with Crippen LogP contribution in [0, 0.1) is 0 Å². The molecule has 0 spiro atoms. The topological polar surface area (TPSA) is 0 Å². The number of hydrogen-bond donors (Lipinski definition) is 0. The van der Waals surface area contributed by atoms with Crippen molar-refractivity contribution in [3.05, 3.63) is 24.3 Å². The van der Waals surface area contributed by atoms with Crippen molar-refractivity contribution in [3.63, 3.8) is 0 Å². The van der Waals surface area contributed by atoms with E-state index in [0.29, 0.717) is 9.49 Å². The molecule has 0 aromatic rings. The van der Waals surface area contributed by atoms with E-state index in [4.69, 9.17) is 0 Å². The molecule has 2 aliphatic heterocycles. The van der Waals surface area contributed by atoms with Crippen LogP contribution >= 0.6 is 23.5 Å². The fourth-order valence-electron chi connectivity index (χ4n) is 1.79. The molecule has 0 saturated carbocycles. The van der Waals surface area contributed by atoms with Gasteiger partial charge in [-0.2, -0.15) is 11.8 Å². The van der Waals surface area contributed by atoms with Gasteiger partial charge in [-0.3, -0.25) is 0 Å². The van der Waals surface area contributed by atoms with Gasteiger partial charge in [-0.15, -0.1) is 11.8 Å². The Morgan fingerprint density at radius 2 is 2.27 bits per heavy atom. The van der Waals surface area contributed by atoms with Crippen LogP contribution in [0.25, 0.3) is 0 Å². The van der Waals surface area contributed by atoms with Crippen molar-refractivity contribution in [1.29, 1.82) is 0 Å². The Hall–Kier alpha value is 0.180. The standard InChI is InChI=1S/C9H10S2/c1-8(6-10-8)9-5-3-2-4-7(9)11-9/h2-5,7H,6H2,1H3. The number of hydrogen-bond acceptors (Lipinski definition) is 2. The number of allylic oxidation sites excluding steroid dienone is 2. The summed E-state index contributed by atoms with van der Waals surface area (Å²) >= 11 is 4.23. The highest BCUT2D eigenvalue weighted by Gasteiger charge is 2.69. The first-order valence-corrected chi connectivity index (χ1v) is 5.81. The van der Waals surface area contributed by atoms with Crippen molar-refractivity contribution in [2.75, 3.05) is 5.75 Å². The van der Waals surface area contributed by atoms with E-state index in [1.807, 2.05) is 0 Å². The van der Waals surface area contributed by atoms with E-state index >= 15 is 0 Å². The Morgan fingerprint density at radius 1 is 1.45 bits per heavy atom. The van der Waals surface area contributed by atoms with Gasteiger partial charge in [0.15, 0.2) is 0 Å². The molecular weight excluding hydrogens is 172 g/mol. The van der Waals surface area contributed by atoms with Gasteiger partial charge >= 0.3 is 0 Å². The van der Waals surface area contributed by atoms with Gasteiger partial charge < -0.3 is 0 Å². The fourth-order valence-corrected chi connectivity index (χ4v) is 4.57. The minimum atomic E-state index is 0.506. The average Bonchev–Trinajstić information content (AvgIpc) is 2.82. The monoisotopic (exact) mass is 182 g/mol. The Morgan fingerprint density at radius 3 is 2.91 bits per heavy atom. The van der Waals surface area contributed by atoms with Gasteiger partial charge in [0.2, 0.25) is 0 Å². The maximum absolute atomic E-state index is 2.41. The summed E-state index contributed by atoms with van der Waals surface area (Å²) in [5.41, 5.74) is 0.